The normalized spacial score (nSPS) is 12.0. The van der Waals surface area contributed by atoms with E-state index in [9.17, 15) is 26.4 Å². The number of alkyl halides is 3. The van der Waals surface area contributed by atoms with Crippen LogP contribution < -0.4 is 9.62 Å². The van der Waals surface area contributed by atoms with Crippen molar-refractivity contribution in [3.63, 3.8) is 0 Å². The molecule has 0 aromatic heterocycles. The van der Waals surface area contributed by atoms with E-state index in [1.807, 2.05) is 30.3 Å². The van der Waals surface area contributed by atoms with E-state index in [4.69, 9.17) is 0 Å². The molecule has 0 aliphatic rings. The third kappa shape index (κ3) is 4.68. The molecule has 0 aliphatic heterocycles. The molecule has 0 unspecified atom stereocenters. The molecule has 0 heterocycles. The Morgan fingerprint density at radius 2 is 1.59 bits per heavy atom. The molecule has 5 nitrogen and oxygen atoms in total. The van der Waals surface area contributed by atoms with Crippen molar-refractivity contribution in [2.75, 3.05) is 17.9 Å². The van der Waals surface area contributed by atoms with Gasteiger partial charge in [-0.15, -0.1) is 0 Å². The van der Waals surface area contributed by atoms with E-state index in [1.165, 1.54) is 31.3 Å². The SMILES string of the molecule is CN(c1ccc2ccccc2c1)S(=O)(=O)c1ccc(C(=O)NCC(F)(F)F)cc1. The summed E-state index contributed by atoms with van der Waals surface area (Å²) in [5.41, 5.74) is 0.386. The zero-order valence-corrected chi connectivity index (χ0v) is 16.1. The van der Waals surface area contributed by atoms with Gasteiger partial charge in [0.05, 0.1) is 10.6 Å². The lowest BCUT2D eigenvalue weighted by Crippen LogP contribution is -2.33. The highest BCUT2D eigenvalue weighted by Crippen LogP contribution is 2.26. The summed E-state index contributed by atoms with van der Waals surface area (Å²) in [6.45, 7) is -1.46. The van der Waals surface area contributed by atoms with Crippen LogP contribution in [0.15, 0.2) is 71.6 Å². The number of carbonyl (C=O) groups excluding carboxylic acids is 1. The molecular formula is C20H17F3N2O3S. The van der Waals surface area contributed by atoms with Gasteiger partial charge in [0.25, 0.3) is 15.9 Å². The molecule has 3 aromatic carbocycles. The van der Waals surface area contributed by atoms with Crippen LogP contribution in [0.25, 0.3) is 10.8 Å². The van der Waals surface area contributed by atoms with Crippen molar-refractivity contribution in [1.29, 1.82) is 0 Å². The highest BCUT2D eigenvalue weighted by molar-refractivity contribution is 7.92. The number of hydrogen-bond donors (Lipinski definition) is 1. The minimum atomic E-state index is -4.53. The van der Waals surface area contributed by atoms with Crippen molar-refractivity contribution in [3.8, 4) is 0 Å². The fourth-order valence-electron chi connectivity index (χ4n) is 2.73. The molecule has 0 bridgehead atoms. The number of sulfonamides is 1. The molecule has 3 rings (SSSR count). The molecule has 1 N–H and O–H groups in total. The highest BCUT2D eigenvalue weighted by Gasteiger charge is 2.28. The first kappa shape index (κ1) is 20.7. The van der Waals surface area contributed by atoms with Crippen LogP contribution in [0.4, 0.5) is 18.9 Å². The zero-order valence-electron chi connectivity index (χ0n) is 15.3. The van der Waals surface area contributed by atoms with Crippen LogP contribution in [0, 0.1) is 0 Å². The first-order valence-electron chi connectivity index (χ1n) is 8.51. The Kier molecular flexibility index (Phi) is 5.52. The van der Waals surface area contributed by atoms with Gasteiger partial charge in [-0.2, -0.15) is 13.2 Å². The lowest BCUT2D eigenvalue weighted by Gasteiger charge is -2.20. The number of benzene rings is 3. The number of nitrogens with one attached hydrogen (secondary N) is 1. The molecule has 152 valence electrons. The quantitative estimate of drug-likeness (QED) is 0.677. The maximum Gasteiger partial charge on any atom is 0.405 e. The van der Waals surface area contributed by atoms with Crippen LogP contribution in [0.3, 0.4) is 0 Å². The standard InChI is InChI=1S/C20H17F3N2O3S/c1-25(17-9-6-14-4-2-3-5-16(14)12-17)29(27,28)18-10-7-15(8-11-18)19(26)24-13-20(21,22)23/h2-12H,13H2,1H3,(H,24,26). The molecule has 0 aliphatic carbocycles. The number of carbonyl (C=O) groups is 1. The predicted molar refractivity (Wildman–Crippen MR) is 104 cm³/mol. The fraction of sp³-hybridized carbons (Fsp3) is 0.150. The topological polar surface area (TPSA) is 66.5 Å². The van der Waals surface area contributed by atoms with E-state index in [0.29, 0.717) is 5.69 Å². The number of hydrogen-bond acceptors (Lipinski definition) is 3. The van der Waals surface area contributed by atoms with E-state index < -0.39 is 28.7 Å². The molecule has 3 aromatic rings. The molecular weight excluding hydrogens is 405 g/mol. The second-order valence-electron chi connectivity index (χ2n) is 6.33. The van der Waals surface area contributed by atoms with E-state index in [0.717, 1.165) is 15.1 Å². The van der Waals surface area contributed by atoms with Crippen molar-refractivity contribution < 1.29 is 26.4 Å². The van der Waals surface area contributed by atoms with Gasteiger partial charge in [-0.3, -0.25) is 9.10 Å². The summed E-state index contributed by atoms with van der Waals surface area (Å²) < 4.78 is 63.5. The van der Waals surface area contributed by atoms with E-state index in [2.05, 4.69) is 0 Å². The summed E-state index contributed by atoms with van der Waals surface area (Å²) in [7, 11) is -2.51. The number of halogens is 3. The smallest absolute Gasteiger partial charge is 0.343 e. The van der Waals surface area contributed by atoms with Gasteiger partial charge >= 0.3 is 6.18 Å². The minimum absolute atomic E-state index is 0.0680. The highest BCUT2D eigenvalue weighted by atomic mass is 32.2. The van der Waals surface area contributed by atoms with Gasteiger partial charge < -0.3 is 5.32 Å². The first-order valence-corrected chi connectivity index (χ1v) is 9.95. The van der Waals surface area contributed by atoms with Crippen LogP contribution >= 0.6 is 0 Å². The summed E-state index contributed by atoms with van der Waals surface area (Å²) in [6.07, 6.45) is -4.53. The Hall–Kier alpha value is -3.07. The molecule has 0 spiro atoms. The van der Waals surface area contributed by atoms with E-state index >= 15 is 0 Å². The van der Waals surface area contributed by atoms with Gasteiger partial charge in [-0.05, 0) is 47.2 Å². The summed E-state index contributed by atoms with van der Waals surface area (Å²) in [6, 6.07) is 17.5. The Bertz CT molecular complexity index is 1140. The molecule has 0 saturated carbocycles. The first-order chi connectivity index (χ1) is 13.6. The van der Waals surface area contributed by atoms with Gasteiger partial charge in [-0.25, -0.2) is 8.42 Å². The van der Waals surface area contributed by atoms with Gasteiger partial charge in [0, 0.05) is 12.6 Å². The molecule has 0 fully saturated rings. The summed E-state index contributed by atoms with van der Waals surface area (Å²) in [5, 5.41) is 3.59. The average Bonchev–Trinajstić information content (AvgIpc) is 2.70. The van der Waals surface area contributed by atoms with Crippen LogP contribution in [-0.4, -0.2) is 34.1 Å². The summed E-state index contributed by atoms with van der Waals surface area (Å²) >= 11 is 0. The number of nitrogens with zero attached hydrogens (tertiary/aromatic N) is 1. The summed E-state index contributed by atoms with van der Waals surface area (Å²) in [4.78, 5) is 11.7. The number of fused-ring (bicyclic) bond motifs is 1. The Balaban J connectivity index is 1.81. The van der Waals surface area contributed by atoms with Gasteiger partial charge in [0.15, 0.2) is 0 Å². The van der Waals surface area contributed by atoms with Crippen molar-refractivity contribution >= 4 is 32.4 Å². The Morgan fingerprint density at radius 1 is 0.966 bits per heavy atom. The monoisotopic (exact) mass is 422 g/mol. The summed E-state index contributed by atoms with van der Waals surface area (Å²) in [5.74, 6) is -0.936. The molecule has 1 amide bonds. The van der Waals surface area contributed by atoms with Crippen LogP contribution in [0.5, 0.6) is 0 Å². The molecule has 0 saturated heterocycles. The molecule has 0 radical (unpaired) electrons. The fourth-order valence-corrected chi connectivity index (χ4v) is 3.92. The van der Waals surface area contributed by atoms with Gasteiger partial charge in [0.1, 0.15) is 6.54 Å². The van der Waals surface area contributed by atoms with Crippen molar-refractivity contribution in [2.24, 2.45) is 0 Å². The third-order valence-electron chi connectivity index (χ3n) is 4.32. The van der Waals surface area contributed by atoms with E-state index in [1.54, 1.807) is 17.4 Å². The Morgan fingerprint density at radius 3 is 2.21 bits per heavy atom. The molecule has 9 heteroatoms. The number of rotatable bonds is 5. The number of anilines is 1. The van der Waals surface area contributed by atoms with Crippen LogP contribution in [0.1, 0.15) is 10.4 Å². The maximum atomic E-state index is 12.9. The minimum Gasteiger partial charge on any atom is -0.343 e. The van der Waals surface area contributed by atoms with Crippen molar-refractivity contribution in [3.05, 3.63) is 72.3 Å². The second kappa shape index (κ2) is 7.75. The van der Waals surface area contributed by atoms with Crippen LogP contribution in [-0.2, 0) is 10.0 Å². The van der Waals surface area contributed by atoms with Crippen molar-refractivity contribution in [1.82, 2.24) is 5.32 Å². The largest absolute Gasteiger partial charge is 0.405 e. The zero-order chi connectivity index (χ0) is 21.2. The van der Waals surface area contributed by atoms with Crippen molar-refractivity contribution in [2.45, 2.75) is 11.1 Å². The van der Waals surface area contributed by atoms with Gasteiger partial charge in [-0.1, -0.05) is 30.3 Å². The number of amides is 1. The molecule has 0 atom stereocenters. The lowest BCUT2D eigenvalue weighted by molar-refractivity contribution is -0.123. The van der Waals surface area contributed by atoms with Crippen LogP contribution in [0.2, 0.25) is 0 Å². The third-order valence-corrected chi connectivity index (χ3v) is 6.12. The Labute approximate surface area is 165 Å². The van der Waals surface area contributed by atoms with Gasteiger partial charge in [0.2, 0.25) is 0 Å². The van der Waals surface area contributed by atoms with E-state index in [-0.39, 0.29) is 10.5 Å². The molecule has 29 heavy (non-hydrogen) atoms. The lowest BCUT2D eigenvalue weighted by atomic mass is 10.1. The second-order valence-corrected chi connectivity index (χ2v) is 8.30. The predicted octanol–water partition coefficient (Wildman–Crippen LogP) is 3.96. The average molecular weight is 422 g/mol. The maximum absolute atomic E-state index is 12.9.